The Balaban J connectivity index is 1.51. The second-order valence-electron chi connectivity index (χ2n) is 6.79. The van der Waals surface area contributed by atoms with Gasteiger partial charge >= 0.3 is 0 Å². The average Bonchev–Trinajstić information content (AvgIpc) is 3.30. The number of carbonyl (C=O) groups is 1. The van der Waals surface area contributed by atoms with Crippen molar-refractivity contribution in [3.63, 3.8) is 0 Å². The molecule has 2 aliphatic rings. The Morgan fingerprint density at radius 1 is 1.00 bits per heavy atom. The Labute approximate surface area is 158 Å². The lowest BCUT2D eigenvalue weighted by molar-refractivity contribution is -0.131. The summed E-state index contributed by atoms with van der Waals surface area (Å²) >= 11 is 1.22. The van der Waals surface area contributed by atoms with Crippen LogP contribution in [0.3, 0.4) is 0 Å². The summed E-state index contributed by atoms with van der Waals surface area (Å²) in [5.41, 5.74) is 1.83. The maximum absolute atomic E-state index is 13.0. The van der Waals surface area contributed by atoms with E-state index in [1.165, 1.54) is 22.1 Å². The molecule has 0 bridgehead atoms. The molecule has 4 rings (SSSR count). The highest BCUT2D eigenvalue weighted by molar-refractivity contribution is 7.94. The number of nitrogens with zero attached hydrogens (tertiary/aromatic N) is 2. The zero-order chi connectivity index (χ0) is 18.1. The van der Waals surface area contributed by atoms with Crippen molar-refractivity contribution in [2.45, 2.75) is 36.3 Å². The number of likely N-dealkylation sites (tertiary alicyclic amines) is 1. The summed E-state index contributed by atoms with van der Waals surface area (Å²) in [6, 6.07) is 11.0. The van der Waals surface area contributed by atoms with Gasteiger partial charge in [-0.25, -0.2) is 8.42 Å². The minimum atomic E-state index is -3.56. The lowest BCUT2D eigenvalue weighted by atomic mass is 10.1. The van der Waals surface area contributed by atoms with Crippen molar-refractivity contribution in [1.29, 1.82) is 0 Å². The lowest BCUT2D eigenvalue weighted by Gasteiger charge is -2.26. The predicted molar refractivity (Wildman–Crippen MR) is 103 cm³/mol. The summed E-state index contributed by atoms with van der Waals surface area (Å²) in [5.74, 6) is 0.0991. The van der Waals surface area contributed by atoms with Gasteiger partial charge in [-0.2, -0.15) is 0 Å². The number of benzene rings is 1. The molecular weight excluding hydrogens is 368 g/mol. The molecule has 0 atom stereocenters. The first-order chi connectivity index (χ1) is 12.6. The molecule has 5 nitrogen and oxygen atoms in total. The average molecular weight is 391 g/mol. The van der Waals surface area contributed by atoms with Crippen LogP contribution in [0.1, 0.15) is 29.7 Å². The fourth-order valence-corrected chi connectivity index (χ4v) is 6.63. The number of thiophene rings is 1. The fourth-order valence-electron chi connectivity index (χ4n) is 3.66. The van der Waals surface area contributed by atoms with Gasteiger partial charge in [-0.05, 0) is 49.4 Å². The van der Waals surface area contributed by atoms with Gasteiger partial charge in [0.25, 0.3) is 10.0 Å². The normalized spacial score (nSPS) is 17.4. The minimum absolute atomic E-state index is 0.0991. The number of carbonyl (C=O) groups excluding carboxylic acids is 1. The molecule has 26 heavy (non-hydrogen) atoms. The topological polar surface area (TPSA) is 57.7 Å². The SMILES string of the molecule is O=C(Cc1ccc(S(=O)(=O)N2CCc3ccccc32)s1)N1CCCCC1. The van der Waals surface area contributed by atoms with Crippen LogP contribution in [-0.2, 0) is 27.7 Å². The molecule has 1 fully saturated rings. The van der Waals surface area contributed by atoms with E-state index >= 15 is 0 Å². The van der Waals surface area contributed by atoms with E-state index in [2.05, 4.69) is 0 Å². The zero-order valence-electron chi connectivity index (χ0n) is 14.6. The lowest BCUT2D eigenvalue weighted by Crippen LogP contribution is -2.36. The number of piperidine rings is 1. The number of amides is 1. The van der Waals surface area contributed by atoms with Crippen molar-refractivity contribution >= 4 is 33.0 Å². The van der Waals surface area contributed by atoms with Gasteiger partial charge < -0.3 is 4.90 Å². The molecule has 2 aliphatic heterocycles. The van der Waals surface area contributed by atoms with Gasteiger partial charge in [0.2, 0.25) is 5.91 Å². The first-order valence-corrected chi connectivity index (χ1v) is 11.3. The molecule has 1 saturated heterocycles. The predicted octanol–water partition coefficient (Wildman–Crippen LogP) is 3.05. The number of hydrogen-bond acceptors (Lipinski definition) is 4. The molecule has 0 radical (unpaired) electrons. The molecule has 7 heteroatoms. The molecule has 0 N–H and O–H groups in total. The fraction of sp³-hybridized carbons (Fsp3) is 0.421. The van der Waals surface area contributed by atoms with E-state index in [0.29, 0.717) is 10.8 Å². The summed E-state index contributed by atoms with van der Waals surface area (Å²) in [4.78, 5) is 15.1. The molecule has 1 aromatic carbocycles. The summed E-state index contributed by atoms with van der Waals surface area (Å²) in [5, 5.41) is 0. The van der Waals surface area contributed by atoms with Gasteiger partial charge in [0.05, 0.1) is 12.1 Å². The highest BCUT2D eigenvalue weighted by Gasteiger charge is 2.32. The Kier molecular flexibility index (Phi) is 4.75. The van der Waals surface area contributed by atoms with Crippen LogP contribution in [0.5, 0.6) is 0 Å². The highest BCUT2D eigenvalue weighted by atomic mass is 32.2. The maximum Gasteiger partial charge on any atom is 0.273 e. The van der Waals surface area contributed by atoms with Crippen LogP contribution in [0.25, 0.3) is 0 Å². The number of sulfonamides is 1. The maximum atomic E-state index is 13.0. The standard InChI is InChI=1S/C19H22N2O3S2/c22-18(20-11-4-1-5-12-20)14-16-8-9-19(25-16)26(23,24)21-13-10-15-6-2-3-7-17(15)21/h2-3,6-9H,1,4-5,10-14H2. The van der Waals surface area contributed by atoms with E-state index in [4.69, 9.17) is 0 Å². The molecule has 0 saturated carbocycles. The van der Waals surface area contributed by atoms with Crippen molar-refractivity contribution in [1.82, 2.24) is 4.90 Å². The summed E-state index contributed by atoms with van der Waals surface area (Å²) in [6.45, 7) is 2.11. The monoisotopic (exact) mass is 390 g/mol. The smallest absolute Gasteiger partial charge is 0.273 e. The van der Waals surface area contributed by atoms with Crippen LogP contribution in [0, 0.1) is 0 Å². The third-order valence-electron chi connectivity index (χ3n) is 5.06. The van der Waals surface area contributed by atoms with Crippen LogP contribution in [0.2, 0.25) is 0 Å². The number of para-hydroxylation sites is 1. The van der Waals surface area contributed by atoms with Crippen molar-refractivity contribution in [3.8, 4) is 0 Å². The zero-order valence-corrected chi connectivity index (χ0v) is 16.2. The number of fused-ring (bicyclic) bond motifs is 1. The van der Waals surface area contributed by atoms with Crippen LogP contribution in [-0.4, -0.2) is 38.9 Å². The summed E-state index contributed by atoms with van der Waals surface area (Å²) in [6.07, 6.45) is 4.33. The van der Waals surface area contributed by atoms with Crippen molar-refractivity contribution in [3.05, 3.63) is 46.8 Å². The first-order valence-electron chi connectivity index (χ1n) is 9.03. The molecule has 0 unspecified atom stereocenters. The van der Waals surface area contributed by atoms with Crippen molar-refractivity contribution in [2.24, 2.45) is 0 Å². The van der Waals surface area contributed by atoms with Gasteiger partial charge in [-0.1, -0.05) is 18.2 Å². The molecule has 1 aromatic heterocycles. The quantitative estimate of drug-likeness (QED) is 0.806. The summed E-state index contributed by atoms with van der Waals surface area (Å²) < 4.78 is 27.9. The Morgan fingerprint density at radius 2 is 1.77 bits per heavy atom. The molecule has 0 aliphatic carbocycles. The van der Waals surface area contributed by atoms with Crippen LogP contribution < -0.4 is 4.31 Å². The van der Waals surface area contributed by atoms with Gasteiger partial charge in [0.1, 0.15) is 4.21 Å². The van der Waals surface area contributed by atoms with Crippen molar-refractivity contribution < 1.29 is 13.2 Å². The molecule has 3 heterocycles. The van der Waals surface area contributed by atoms with Crippen LogP contribution in [0.4, 0.5) is 5.69 Å². The third kappa shape index (κ3) is 3.25. The van der Waals surface area contributed by atoms with E-state index in [9.17, 15) is 13.2 Å². The Bertz CT molecular complexity index is 914. The number of rotatable bonds is 4. The van der Waals surface area contributed by atoms with Crippen LogP contribution in [0.15, 0.2) is 40.6 Å². The highest BCUT2D eigenvalue weighted by Crippen LogP contribution is 2.35. The number of anilines is 1. The van der Waals surface area contributed by atoms with E-state index in [1.54, 1.807) is 12.1 Å². The van der Waals surface area contributed by atoms with Gasteiger partial charge in [0.15, 0.2) is 0 Å². The van der Waals surface area contributed by atoms with Crippen molar-refractivity contribution in [2.75, 3.05) is 23.9 Å². The van der Waals surface area contributed by atoms with Gasteiger partial charge in [-0.15, -0.1) is 11.3 Å². The van der Waals surface area contributed by atoms with Gasteiger partial charge in [0, 0.05) is 24.5 Å². The second kappa shape index (κ2) is 7.04. The molecule has 1 amide bonds. The molecule has 138 valence electrons. The largest absolute Gasteiger partial charge is 0.342 e. The second-order valence-corrected chi connectivity index (χ2v) is 10.1. The molecule has 2 aromatic rings. The summed E-state index contributed by atoms with van der Waals surface area (Å²) in [7, 11) is -3.56. The van der Waals surface area contributed by atoms with E-state index in [0.717, 1.165) is 48.5 Å². The third-order valence-corrected chi connectivity index (χ3v) is 8.43. The van der Waals surface area contributed by atoms with E-state index in [-0.39, 0.29) is 12.3 Å². The number of hydrogen-bond donors (Lipinski definition) is 0. The Morgan fingerprint density at radius 3 is 2.58 bits per heavy atom. The van der Waals surface area contributed by atoms with Gasteiger partial charge in [-0.3, -0.25) is 9.10 Å². The first kappa shape index (κ1) is 17.5. The molecular formula is C19H22N2O3S2. The minimum Gasteiger partial charge on any atom is -0.342 e. The Hall–Kier alpha value is -1.86. The molecule has 0 spiro atoms. The van der Waals surface area contributed by atoms with Crippen LogP contribution >= 0.6 is 11.3 Å². The van der Waals surface area contributed by atoms with E-state index in [1.807, 2.05) is 29.2 Å². The van der Waals surface area contributed by atoms with E-state index < -0.39 is 10.0 Å².